The lowest BCUT2D eigenvalue weighted by Gasteiger charge is -2.39. The van der Waals surface area contributed by atoms with E-state index >= 15 is 0 Å². The molecule has 0 heterocycles. The molecule has 6 heteroatoms. The van der Waals surface area contributed by atoms with Gasteiger partial charge in [0.1, 0.15) is 5.54 Å². The predicted molar refractivity (Wildman–Crippen MR) is 74.0 cm³/mol. The number of hydrogen-bond acceptors (Lipinski definition) is 2. The summed E-state index contributed by atoms with van der Waals surface area (Å²) in [6.07, 6.45) is -4.41. The smallest absolute Gasteiger partial charge is 0.416 e. The van der Waals surface area contributed by atoms with Crippen LogP contribution in [-0.4, -0.2) is 28.1 Å². The van der Waals surface area contributed by atoms with Gasteiger partial charge in [-0.1, -0.05) is 19.1 Å². The van der Waals surface area contributed by atoms with Gasteiger partial charge in [0.15, 0.2) is 0 Å². The molecular weight excluding hydrogens is 283 g/mol. The van der Waals surface area contributed by atoms with Gasteiger partial charge in [0.05, 0.1) is 5.56 Å². The molecule has 0 radical (unpaired) electrons. The minimum atomic E-state index is -4.41. The van der Waals surface area contributed by atoms with Crippen LogP contribution in [0.3, 0.4) is 0 Å². The van der Waals surface area contributed by atoms with E-state index in [-0.39, 0.29) is 0 Å². The third-order valence-corrected chi connectivity index (χ3v) is 3.75. The van der Waals surface area contributed by atoms with Crippen LogP contribution in [0.1, 0.15) is 44.9 Å². The summed E-state index contributed by atoms with van der Waals surface area (Å²) in [5.74, 6) is -1.01. The SMILES string of the molecule is CCN(C(C)c1cccc(C(F)(F)F)c1)C(C)(C)C(=O)O. The van der Waals surface area contributed by atoms with Crippen molar-refractivity contribution < 1.29 is 23.1 Å². The Morgan fingerprint density at radius 2 is 1.90 bits per heavy atom. The van der Waals surface area contributed by atoms with Crippen LogP contribution in [0.25, 0.3) is 0 Å². The van der Waals surface area contributed by atoms with Crippen LogP contribution in [-0.2, 0) is 11.0 Å². The third kappa shape index (κ3) is 3.75. The molecule has 0 aliphatic carbocycles. The Kier molecular flexibility index (Phi) is 5.04. The number of rotatable bonds is 5. The highest BCUT2D eigenvalue weighted by atomic mass is 19.4. The second-order valence-corrected chi connectivity index (χ2v) is 5.45. The Morgan fingerprint density at radius 3 is 2.33 bits per heavy atom. The van der Waals surface area contributed by atoms with Crippen molar-refractivity contribution >= 4 is 5.97 Å². The lowest BCUT2D eigenvalue weighted by molar-refractivity contribution is -0.151. The lowest BCUT2D eigenvalue weighted by atomic mass is 9.96. The first-order valence-corrected chi connectivity index (χ1v) is 6.69. The van der Waals surface area contributed by atoms with Gasteiger partial charge >= 0.3 is 12.1 Å². The summed E-state index contributed by atoms with van der Waals surface area (Å²) in [6, 6.07) is 4.57. The fourth-order valence-corrected chi connectivity index (χ4v) is 2.43. The van der Waals surface area contributed by atoms with Crippen molar-refractivity contribution in [2.45, 2.75) is 45.5 Å². The molecular formula is C15H20F3NO2. The minimum Gasteiger partial charge on any atom is -0.480 e. The summed E-state index contributed by atoms with van der Waals surface area (Å²) in [4.78, 5) is 13.0. The van der Waals surface area contributed by atoms with Crippen LogP contribution in [0, 0.1) is 0 Å². The van der Waals surface area contributed by atoms with Crippen LogP contribution in [0.5, 0.6) is 0 Å². The normalized spacial score (nSPS) is 14.3. The molecule has 0 bridgehead atoms. The van der Waals surface area contributed by atoms with E-state index in [9.17, 15) is 23.1 Å². The monoisotopic (exact) mass is 303 g/mol. The number of carbonyl (C=O) groups is 1. The van der Waals surface area contributed by atoms with Gasteiger partial charge in [0, 0.05) is 6.04 Å². The van der Waals surface area contributed by atoms with E-state index in [0.717, 1.165) is 12.1 Å². The number of alkyl halides is 3. The number of likely N-dealkylation sites (N-methyl/N-ethyl adjacent to an activating group) is 1. The van der Waals surface area contributed by atoms with Gasteiger partial charge < -0.3 is 5.11 Å². The quantitative estimate of drug-likeness (QED) is 0.895. The molecule has 1 N–H and O–H groups in total. The zero-order chi connectivity index (χ0) is 16.4. The number of benzene rings is 1. The molecule has 0 spiro atoms. The van der Waals surface area contributed by atoms with Crippen molar-refractivity contribution in [3.05, 3.63) is 35.4 Å². The van der Waals surface area contributed by atoms with Crippen molar-refractivity contribution in [2.24, 2.45) is 0 Å². The molecule has 118 valence electrons. The maximum Gasteiger partial charge on any atom is 0.416 e. The van der Waals surface area contributed by atoms with Gasteiger partial charge in [0.25, 0.3) is 0 Å². The molecule has 1 rings (SSSR count). The van der Waals surface area contributed by atoms with Crippen molar-refractivity contribution in [3.63, 3.8) is 0 Å². The minimum absolute atomic E-state index is 0.413. The zero-order valence-electron chi connectivity index (χ0n) is 12.5. The highest BCUT2D eigenvalue weighted by Crippen LogP contribution is 2.33. The maximum absolute atomic E-state index is 12.8. The molecule has 21 heavy (non-hydrogen) atoms. The molecule has 3 nitrogen and oxygen atoms in total. The number of carboxylic acid groups (broad SMARTS) is 1. The Labute approximate surface area is 122 Å². The van der Waals surface area contributed by atoms with Gasteiger partial charge in [-0.15, -0.1) is 0 Å². The van der Waals surface area contributed by atoms with E-state index in [1.54, 1.807) is 38.7 Å². The summed E-state index contributed by atoms with van der Waals surface area (Å²) in [5.41, 5.74) is -1.44. The number of aliphatic carboxylic acids is 1. The Morgan fingerprint density at radius 1 is 1.33 bits per heavy atom. The highest BCUT2D eigenvalue weighted by molar-refractivity contribution is 5.77. The molecule has 0 saturated carbocycles. The van der Waals surface area contributed by atoms with E-state index in [1.165, 1.54) is 6.07 Å². The molecule has 1 aromatic rings. The highest BCUT2D eigenvalue weighted by Gasteiger charge is 2.37. The molecule has 0 aliphatic rings. The molecule has 0 saturated heterocycles. The van der Waals surface area contributed by atoms with Crippen LogP contribution < -0.4 is 0 Å². The Hall–Kier alpha value is -1.56. The van der Waals surface area contributed by atoms with Crippen molar-refractivity contribution in [2.75, 3.05) is 6.54 Å². The standard InChI is InChI=1S/C15H20F3NO2/c1-5-19(14(3,4)13(20)21)10(2)11-7-6-8-12(9-11)15(16,17)18/h6-10H,5H2,1-4H3,(H,20,21). The average Bonchev–Trinajstić information content (AvgIpc) is 2.38. The van der Waals surface area contributed by atoms with E-state index in [1.807, 2.05) is 0 Å². The zero-order valence-corrected chi connectivity index (χ0v) is 12.5. The first kappa shape index (κ1) is 17.5. The molecule has 1 atom stereocenters. The van der Waals surface area contributed by atoms with E-state index in [0.29, 0.717) is 12.1 Å². The topological polar surface area (TPSA) is 40.5 Å². The maximum atomic E-state index is 12.8. The van der Waals surface area contributed by atoms with Crippen molar-refractivity contribution in [1.82, 2.24) is 4.90 Å². The van der Waals surface area contributed by atoms with Gasteiger partial charge in [-0.05, 0) is 45.0 Å². The van der Waals surface area contributed by atoms with Crippen molar-refractivity contribution in [3.8, 4) is 0 Å². The van der Waals surface area contributed by atoms with Gasteiger partial charge in [-0.3, -0.25) is 9.69 Å². The number of hydrogen-bond donors (Lipinski definition) is 1. The van der Waals surface area contributed by atoms with Crippen molar-refractivity contribution in [1.29, 1.82) is 0 Å². The van der Waals surface area contributed by atoms with Gasteiger partial charge in [0.2, 0.25) is 0 Å². The van der Waals surface area contributed by atoms with Crippen LogP contribution >= 0.6 is 0 Å². The van der Waals surface area contributed by atoms with Crippen LogP contribution in [0.15, 0.2) is 24.3 Å². The summed E-state index contributed by atoms with van der Waals surface area (Å²) in [7, 11) is 0. The fraction of sp³-hybridized carbons (Fsp3) is 0.533. The molecule has 0 amide bonds. The summed E-state index contributed by atoms with van der Waals surface area (Å²) < 4.78 is 38.3. The van der Waals surface area contributed by atoms with E-state index < -0.39 is 29.3 Å². The van der Waals surface area contributed by atoms with Gasteiger partial charge in [-0.25, -0.2) is 0 Å². The average molecular weight is 303 g/mol. The third-order valence-electron chi connectivity index (χ3n) is 3.75. The Balaban J connectivity index is 3.18. The van der Waals surface area contributed by atoms with Crippen LogP contribution in [0.2, 0.25) is 0 Å². The molecule has 0 aliphatic heterocycles. The number of carboxylic acids is 1. The predicted octanol–water partition coefficient (Wildman–Crippen LogP) is 3.95. The first-order valence-electron chi connectivity index (χ1n) is 6.69. The Bertz CT molecular complexity index is 512. The second-order valence-electron chi connectivity index (χ2n) is 5.45. The molecule has 1 unspecified atom stereocenters. The molecule has 0 fully saturated rings. The van der Waals surface area contributed by atoms with E-state index in [2.05, 4.69) is 0 Å². The lowest BCUT2D eigenvalue weighted by Crippen LogP contribution is -2.51. The van der Waals surface area contributed by atoms with Crippen LogP contribution in [0.4, 0.5) is 13.2 Å². The number of halogens is 3. The summed E-state index contributed by atoms with van der Waals surface area (Å²) in [6.45, 7) is 7.00. The van der Waals surface area contributed by atoms with Gasteiger partial charge in [-0.2, -0.15) is 13.2 Å². The largest absolute Gasteiger partial charge is 0.480 e. The number of nitrogens with zero attached hydrogens (tertiary/aromatic N) is 1. The fourth-order valence-electron chi connectivity index (χ4n) is 2.43. The molecule has 0 aromatic heterocycles. The second kappa shape index (κ2) is 6.05. The van der Waals surface area contributed by atoms with E-state index in [4.69, 9.17) is 0 Å². The first-order chi connectivity index (χ1) is 9.51. The summed E-state index contributed by atoms with van der Waals surface area (Å²) in [5, 5.41) is 9.30. The summed E-state index contributed by atoms with van der Waals surface area (Å²) >= 11 is 0. The molecule has 1 aromatic carbocycles.